The Labute approximate surface area is 197 Å². The van der Waals surface area contributed by atoms with Crippen LogP contribution in [-0.2, 0) is 14.3 Å². The Hall–Kier alpha value is -3.65. The molecule has 0 spiro atoms. The first-order valence-corrected chi connectivity index (χ1v) is 11.4. The zero-order chi connectivity index (χ0) is 24.1. The van der Waals surface area contributed by atoms with E-state index in [1.165, 1.54) is 0 Å². The average Bonchev–Trinajstić information content (AvgIpc) is 3.15. The van der Waals surface area contributed by atoms with Crippen LogP contribution < -0.4 is 10.6 Å². The van der Waals surface area contributed by atoms with Crippen molar-refractivity contribution in [1.29, 1.82) is 0 Å². The summed E-state index contributed by atoms with van der Waals surface area (Å²) in [5, 5.41) is 24.5. The van der Waals surface area contributed by atoms with Gasteiger partial charge in [0.15, 0.2) is 0 Å². The Morgan fingerprint density at radius 3 is 2.32 bits per heavy atom. The van der Waals surface area contributed by atoms with E-state index >= 15 is 0 Å². The van der Waals surface area contributed by atoms with Crippen LogP contribution in [0.2, 0.25) is 0 Å². The molecule has 0 saturated heterocycles. The van der Waals surface area contributed by atoms with Crippen LogP contribution in [0.1, 0.15) is 36.3 Å². The largest absolute Gasteiger partial charge is 0.481 e. The zero-order valence-corrected chi connectivity index (χ0v) is 18.6. The summed E-state index contributed by atoms with van der Waals surface area (Å²) in [6.07, 6.45) is 2.27. The molecule has 2 aromatic rings. The van der Waals surface area contributed by atoms with E-state index in [1.807, 2.05) is 36.4 Å². The zero-order valence-electron chi connectivity index (χ0n) is 18.6. The topological polar surface area (TPSA) is 125 Å². The van der Waals surface area contributed by atoms with E-state index in [1.54, 1.807) is 12.2 Å². The Morgan fingerprint density at radius 1 is 1.03 bits per heavy atom. The minimum atomic E-state index is -1.09. The van der Waals surface area contributed by atoms with Gasteiger partial charge in [-0.2, -0.15) is 0 Å². The van der Waals surface area contributed by atoms with Crippen LogP contribution in [0.25, 0.3) is 11.1 Å². The Balaban J connectivity index is 1.22. The van der Waals surface area contributed by atoms with E-state index in [2.05, 4.69) is 22.8 Å². The number of carboxylic acids is 1. The number of nitrogens with one attached hydrogen (secondary N) is 2. The molecule has 2 aliphatic rings. The molecule has 2 aliphatic carbocycles. The van der Waals surface area contributed by atoms with Crippen molar-refractivity contribution in [2.24, 2.45) is 5.92 Å². The van der Waals surface area contributed by atoms with Crippen molar-refractivity contribution < 1.29 is 29.3 Å². The first-order valence-electron chi connectivity index (χ1n) is 11.4. The molecule has 4 rings (SSSR count). The molecule has 0 fully saturated rings. The second-order valence-corrected chi connectivity index (χ2v) is 8.67. The number of ether oxygens (including phenoxy) is 1. The SMILES string of the molecule is O=C(CC(O)CNC(=O)OCC1c2ccccc2-c2ccccc21)NC1C=CCC(C(=O)O)C1. The lowest BCUT2D eigenvalue weighted by Gasteiger charge is -2.23. The number of rotatable bonds is 8. The quantitative estimate of drug-likeness (QED) is 0.445. The highest BCUT2D eigenvalue weighted by Crippen LogP contribution is 2.44. The Bertz CT molecular complexity index is 1050. The fourth-order valence-corrected chi connectivity index (χ4v) is 4.60. The normalized spacial score (nSPS) is 19.6. The van der Waals surface area contributed by atoms with Crippen LogP contribution in [0, 0.1) is 5.92 Å². The van der Waals surface area contributed by atoms with Gasteiger partial charge in [-0.25, -0.2) is 4.79 Å². The standard InChI is InChI=1S/C26H28N2O6/c29-18(13-24(30)28-17-7-5-6-16(12-17)25(31)32)14-27-26(33)34-15-23-21-10-3-1-8-19(21)20-9-2-4-11-22(20)23/h1-5,7-11,16-18,23,29H,6,12-15H2,(H,27,33)(H,28,30)(H,31,32). The minimum Gasteiger partial charge on any atom is -0.481 e. The second-order valence-electron chi connectivity index (χ2n) is 8.67. The van der Waals surface area contributed by atoms with Gasteiger partial charge in [0, 0.05) is 18.5 Å². The van der Waals surface area contributed by atoms with Gasteiger partial charge in [-0.15, -0.1) is 0 Å². The summed E-state index contributed by atoms with van der Waals surface area (Å²) in [6.45, 7) is 0.0253. The predicted octanol–water partition coefficient (Wildman–Crippen LogP) is 2.81. The monoisotopic (exact) mass is 464 g/mol. The van der Waals surface area contributed by atoms with Crippen LogP contribution in [0.15, 0.2) is 60.7 Å². The average molecular weight is 465 g/mol. The van der Waals surface area contributed by atoms with Crippen LogP contribution in [0.5, 0.6) is 0 Å². The van der Waals surface area contributed by atoms with Crippen LogP contribution in [-0.4, -0.2) is 53.5 Å². The first kappa shape index (κ1) is 23.5. The predicted molar refractivity (Wildman–Crippen MR) is 125 cm³/mol. The van der Waals surface area contributed by atoms with E-state index in [9.17, 15) is 19.5 Å². The molecule has 178 valence electrons. The molecule has 8 nitrogen and oxygen atoms in total. The van der Waals surface area contributed by atoms with Gasteiger partial charge in [-0.1, -0.05) is 60.7 Å². The number of aliphatic hydroxyl groups is 1. The summed E-state index contributed by atoms with van der Waals surface area (Å²) in [5.41, 5.74) is 4.48. The van der Waals surface area contributed by atoms with Crippen molar-refractivity contribution in [1.82, 2.24) is 10.6 Å². The lowest BCUT2D eigenvalue weighted by Crippen LogP contribution is -2.41. The maximum Gasteiger partial charge on any atom is 0.407 e. The number of aliphatic carboxylic acids is 1. The van der Waals surface area contributed by atoms with E-state index in [4.69, 9.17) is 9.84 Å². The summed E-state index contributed by atoms with van der Waals surface area (Å²) in [7, 11) is 0. The highest BCUT2D eigenvalue weighted by molar-refractivity contribution is 5.79. The van der Waals surface area contributed by atoms with Gasteiger partial charge < -0.3 is 25.6 Å². The molecule has 0 radical (unpaired) electrons. The molecule has 2 aromatic carbocycles. The highest BCUT2D eigenvalue weighted by atomic mass is 16.5. The van der Waals surface area contributed by atoms with Crippen molar-refractivity contribution in [2.75, 3.05) is 13.2 Å². The molecule has 0 bridgehead atoms. The molecule has 4 N–H and O–H groups in total. The van der Waals surface area contributed by atoms with Crippen molar-refractivity contribution >= 4 is 18.0 Å². The van der Waals surface area contributed by atoms with Crippen molar-refractivity contribution in [3.63, 3.8) is 0 Å². The van der Waals surface area contributed by atoms with Crippen LogP contribution >= 0.6 is 0 Å². The summed E-state index contributed by atoms with van der Waals surface area (Å²) in [5.74, 6) is -1.90. The minimum absolute atomic E-state index is 0.0629. The Kier molecular flexibility index (Phi) is 7.27. The molecule has 0 heterocycles. The molecule has 0 saturated carbocycles. The smallest absolute Gasteiger partial charge is 0.407 e. The van der Waals surface area contributed by atoms with E-state index < -0.39 is 30.0 Å². The molecular formula is C26H28N2O6. The molecule has 8 heteroatoms. The van der Waals surface area contributed by atoms with E-state index in [0.717, 1.165) is 22.3 Å². The number of aliphatic hydroxyl groups excluding tert-OH is 1. The molecular weight excluding hydrogens is 436 g/mol. The third-order valence-electron chi connectivity index (χ3n) is 6.27. The van der Waals surface area contributed by atoms with Gasteiger partial charge in [0.1, 0.15) is 6.61 Å². The van der Waals surface area contributed by atoms with Gasteiger partial charge in [-0.3, -0.25) is 9.59 Å². The Morgan fingerprint density at radius 2 is 1.68 bits per heavy atom. The molecule has 34 heavy (non-hydrogen) atoms. The maximum atomic E-state index is 12.2. The van der Waals surface area contributed by atoms with Gasteiger partial charge >= 0.3 is 12.1 Å². The summed E-state index contributed by atoms with van der Waals surface area (Å²) >= 11 is 0. The number of fused-ring (bicyclic) bond motifs is 3. The number of hydrogen-bond acceptors (Lipinski definition) is 5. The molecule has 0 aliphatic heterocycles. The number of alkyl carbamates (subject to hydrolysis) is 1. The number of carboxylic acid groups (broad SMARTS) is 1. The maximum absolute atomic E-state index is 12.2. The summed E-state index contributed by atoms with van der Waals surface area (Å²) in [6, 6.07) is 15.7. The first-order chi connectivity index (χ1) is 16.4. The number of carbonyl (C=O) groups is 3. The third kappa shape index (κ3) is 5.46. The molecule has 2 amide bonds. The van der Waals surface area contributed by atoms with Crippen molar-refractivity contribution in [3.8, 4) is 11.1 Å². The third-order valence-corrected chi connectivity index (χ3v) is 6.27. The number of carbonyl (C=O) groups excluding carboxylic acids is 2. The lowest BCUT2D eigenvalue weighted by molar-refractivity contribution is -0.142. The van der Waals surface area contributed by atoms with Crippen LogP contribution in [0.4, 0.5) is 4.79 Å². The summed E-state index contributed by atoms with van der Waals surface area (Å²) < 4.78 is 5.42. The van der Waals surface area contributed by atoms with E-state index in [-0.39, 0.29) is 31.5 Å². The number of hydrogen-bond donors (Lipinski definition) is 4. The van der Waals surface area contributed by atoms with Gasteiger partial charge in [0.05, 0.1) is 18.4 Å². The second kappa shape index (κ2) is 10.5. The van der Waals surface area contributed by atoms with Gasteiger partial charge in [0.25, 0.3) is 0 Å². The summed E-state index contributed by atoms with van der Waals surface area (Å²) in [4.78, 5) is 35.5. The van der Waals surface area contributed by atoms with Crippen LogP contribution in [0.3, 0.4) is 0 Å². The van der Waals surface area contributed by atoms with Gasteiger partial charge in [-0.05, 0) is 35.1 Å². The van der Waals surface area contributed by atoms with Crippen molar-refractivity contribution in [3.05, 3.63) is 71.8 Å². The number of allylic oxidation sites excluding steroid dienone is 1. The molecule has 0 aromatic heterocycles. The number of benzene rings is 2. The molecule has 3 atom stereocenters. The number of amides is 2. The lowest BCUT2D eigenvalue weighted by atomic mass is 9.91. The fourth-order valence-electron chi connectivity index (χ4n) is 4.60. The highest BCUT2D eigenvalue weighted by Gasteiger charge is 2.29. The van der Waals surface area contributed by atoms with Crippen molar-refractivity contribution in [2.45, 2.75) is 37.3 Å². The van der Waals surface area contributed by atoms with E-state index in [0.29, 0.717) is 12.8 Å². The fraction of sp³-hybridized carbons (Fsp3) is 0.346. The molecule has 3 unspecified atom stereocenters. The van der Waals surface area contributed by atoms with Gasteiger partial charge in [0.2, 0.25) is 5.91 Å².